The minimum atomic E-state index is -2.23. The Morgan fingerprint density at radius 3 is 2.23 bits per heavy atom. The lowest BCUT2D eigenvalue weighted by Crippen LogP contribution is -2.17. The third kappa shape index (κ3) is 3.03. The number of amides is 1. The lowest BCUT2D eigenvalue weighted by molar-refractivity contribution is 0.101. The molecule has 3 aromatic rings. The summed E-state index contributed by atoms with van der Waals surface area (Å²) in [4.78, 5) is 12.0. The van der Waals surface area contributed by atoms with Gasteiger partial charge in [-0.2, -0.15) is 10.2 Å². The maximum absolute atomic E-state index is 13.7. The highest BCUT2D eigenvalue weighted by Gasteiger charge is 2.26. The van der Waals surface area contributed by atoms with Gasteiger partial charge in [0, 0.05) is 25.5 Å². The van der Waals surface area contributed by atoms with E-state index in [9.17, 15) is 26.7 Å². The molecule has 0 aliphatic carbocycles. The number of carbonyl (C=O) groups is 1. The third-order valence-corrected chi connectivity index (χ3v) is 3.56. The number of hydrogen-bond acceptors (Lipinski definition) is 3. The van der Waals surface area contributed by atoms with Crippen molar-refractivity contribution >= 4 is 11.7 Å². The first kappa shape index (κ1) is 17.6. The van der Waals surface area contributed by atoms with Crippen LogP contribution in [0.4, 0.5) is 27.8 Å². The Morgan fingerprint density at radius 1 is 1.04 bits per heavy atom. The molecular formula is C15H10F5N5O. The molecule has 1 N–H and O–H groups in total. The fourth-order valence-electron chi connectivity index (χ4n) is 2.24. The second-order valence-corrected chi connectivity index (χ2v) is 5.24. The Bertz CT molecular complexity index is 967. The van der Waals surface area contributed by atoms with Gasteiger partial charge in [-0.05, 0) is 6.07 Å². The number of nitrogens with zero attached hydrogens (tertiary/aromatic N) is 4. The summed E-state index contributed by atoms with van der Waals surface area (Å²) < 4.78 is 69.1. The van der Waals surface area contributed by atoms with E-state index in [4.69, 9.17) is 0 Å². The Hall–Kier alpha value is -3.24. The first-order valence-electron chi connectivity index (χ1n) is 7.12. The molecule has 0 spiro atoms. The SMILES string of the molecule is Cn1nccc1C(=O)Nc1ccn(Cc2c(F)c(F)c(F)c(F)c2F)n1. The number of aromatic nitrogens is 4. The van der Waals surface area contributed by atoms with E-state index in [0.29, 0.717) is 0 Å². The summed E-state index contributed by atoms with van der Waals surface area (Å²) in [5.41, 5.74) is -0.798. The third-order valence-electron chi connectivity index (χ3n) is 3.56. The van der Waals surface area contributed by atoms with E-state index in [1.54, 1.807) is 7.05 Å². The molecule has 26 heavy (non-hydrogen) atoms. The molecule has 1 amide bonds. The van der Waals surface area contributed by atoms with Crippen LogP contribution < -0.4 is 5.32 Å². The molecule has 0 radical (unpaired) electrons. The van der Waals surface area contributed by atoms with Crippen LogP contribution in [0.3, 0.4) is 0 Å². The smallest absolute Gasteiger partial charge is 0.275 e. The molecule has 0 aliphatic rings. The summed E-state index contributed by atoms with van der Waals surface area (Å²) in [5, 5.41) is 10.1. The normalized spacial score (nSPS) is 11.0. The van der Waals surface area contributed by atoms with Gasteiger partial charge < -0.3 is 5.32 Å². The summed E-state index contributed by atoms with van der Waals surface area (Å²) in [6, 6.07) is 2.77. The molecule has 0 saturated heterocycles. The molecule has 0 unspecified atom stereocenters. The number of halogens is 5. The zero-order chi connectivity index (χ0) is 19.0. The van der Waals surface area contributed by atoms with Gasteiger partial charge in [-0.25, -0.2) is 22.0 Å². The van der Waals surface area contributed by atoms with Gasteiger partial charge in [0.05, 0.1) is 12.1 Å². The predicted octanol–water partition coefficient (Wildman–Crippen LogP) is 2.61. The average Bonchev–Trinajstić information content (AvgIpc) is 3.24. The second-order valence-electron chi connectivity index (χ2n) is 5.24. The van der Waals surface area contributed by atoms with Crippen molar-refractivity contribution in [2.24, 2.45) is 7.05 Å². The van der Waals surface area contributed by atoms with Crippen molar-refractivity contribution in [3.05, 3.63) is 64.9 Å². The molecule has 11 heteroatoms. The summed E-state index contributed by atoms with van der Waals surface area (Å²) in [7, 11) is 1.55. The second kappa shape index (κ2) is 6.58. The minimum absolute atomic E-state index is 0.0278. The largest absolute Gasteiger partial charge is 0.304 e. The number of anilines is 1. The number of carbonyl (C=O) groups excluding carboxylic acids is 1. The molecule has 0 aliphatic heterocycles. The molecule has 6 nitrogen and oxygen atoms in total. The Labute approximate surface area is 142 Å². The van der Waals surface area contributed by atoms with Gasteiger partial charge in [0.1, 0.15) is 5.69 Å². The topological polar surface area (TPSA) is 64.7 Å². The Kier molecular flexibility index (Phi) is 4.45. The summed E-state index contributed by atoms with van der Waals surface area (Å²) in [6.07, 6.45) is 2.63. The molecule has 0 bridgehead atoms. The van der Waals surface area contributed by atoms with E-state index in [-0.39, 0.29) is 11.5 Å². The summed E-state index contributed by atoms with van der Waals surface area (Å²) in [5.74, 6) is -10.7. The van der Waals surface area contributed by atoms with Crippen molar-refractivity contribution in [2.75, 3.05) is 5.32 Å². The molecule has 0 atom stereocenters. The number of nitrogens with one attached hydrogen (secondary N) is 1. The first-order chi connectivity index (χ1) is 12.3. The highest BCUT2D eigenvalue weighted by atomic mass is 19.2. The van der Waals surface area contributed by atoms with Crippen molar-refractivity contribution < 1.29 is 26.7 Å². The maximum Gasteiger partial charge on any atom is 0.275 e. The van der Waals surface area contributed by atoms with Gasteiger partial charge >= 0.3 is 0 Å². The quantitative estimate of drug-likeness (QED) is 0.436. The molecule has 0 fully saturated rings. The van der Waals surface area contributed by atoms with Gasteiger partial charge in [0.25, 0.3) is 5.91 Å². The predicted molar refractivity (Wildman–Crippen MR) is 78.7 cm³/mol. The van der Waals surface area contributed by atoms with Crippen molar-refractivity contribution in [1.82, 2.24) is 19.6 Å². The van der Waals surface area contributed by atoms with Crippen LogP contribution in [0.2, 0.25) is 0 Å². The molecule has 1 aromatic carbocycles. The van der Waals surface area contributed by atoms with E-state index in [2.05, 4.69) is 15.5 Å². The van der Waals surface area contributed by atoms with Gasteiger partial charge in [-0.15, -0.1) is 0 Å². The number of hydrogen-bond donors (Lipinski definition) is 1. The molecule has 2 aromatic heterocycles. The first-order valence-corrected chi connectivity index (χ1v) is 7.12. The number of benzene rings is 1. The van der Waals surface area contributed by atoms with Crippen molar-refractivity contribution in [2.45, 2.75) is 6.54 Å². The van der Waals surface area contributed by atoms with Gasteiger partial charge in [-0.1, -0.05) is 0 Å². The van der Waals surface area contributed by atoms with Crippen LogP contribution in [0.5, 0.6) is 0 Å². The van der Waals surface area contributed by atoms with E-state index in [0.717, 1.165) is 4.68 Å². The van der Waals surface area contributed by atoms with Crippen molar-refractivity contribution in [3.63, 3.8) is 0 Å². The van der Waals surface area contributed by atoms with Crippen LogP contribution >= 0.6 is 0 Å². The van der Waals surface area contributed by atoms with Crippen LogP contribution in [0.1, 0.15) is 16.1 Å². The fraction of sp³-hybridized carbons (Fsp3) is 0.133. The van der Waals surface area contributed by atoms with Gasteiger partial charge in [0.15, 0.2) is 29.1 Å². The van der Waals surface area contributed by atoms with E-state index >= 15 is 0 Å². The fourth-order valence-corrected chi connectivity index (χ4v) is 2.24. The lowest BCUT2D eigenvalue weighted by Gasteiger charge is -2.08. The van der Waals surface area contributed by atoms with Crippen LogP contribution in [0.25, 0.3) is 0 Å². The van der Waals surface area contributed by atoms with Crippen LogP contribution in [0.15, 0.2) is 24.5 Å². The highest BCUT2D eigenvalue weighted by Crippen LogP contribution is 2.23. The van der Waals surface area contributed by atoms with Crippen LogP contribution in [0, 0.1) is 29.1 Å². The summed E-state index contributed by atoms with van der Waals surface area (Å²) in [6.45, 7) is -0.715. The zero-order valence-corrected chi connectivity index (χ0v) is 13.1. The maximum atomic E-state index is 13.7. The molecule has 3 rings (SSSR count). The van der Waals surface area contributed by atoms with Crippen molar-refractivity contribution in [3.8, 4) is 0 Å². The van der Waals surface area contributed by atoms with Crippen LogP contribution in [-0.4, -0.2) is 25.5 Å². The number of rotatable bonds is 4. The van der Waals surface area contributed by atoms with Crippen molar-refractivity contribution in [1.29, 1.82) is 0 Å². The van der Waals surface area contributed by atoms with E-state index in [1.807, 2.05) is 0 Å². The minimum Gasteiger partial charge on any atom is -0.304 e. The Morgan fingerprint density at radius 2 is 1.65 bits per heavy atom. The standard InChI is InChI=1S/C15H10F5N5O/c1-24-8(2-4-21-24)15(26)22-9-3-5-25(23-9)6-7-10(16)12(18)14(20)13(19)11(7)17/h2-5H,6H2,1H3,(H,22,23,26). The van der Waals surface area contributed by atoms with Gasteiger partial charge in [0.2, 0.25) is 5.82 Å². The van der Waals surface area contributed by atoms with Gasteiger partial charge in [-0.3, -0.25) is 14.2 Å². The van der Waals surface area contributed by atoms with Crippen LogP contribution in [-0.2, 0) is 13.6 Å². The lowest BCUT2D eigenvalue weighted by atomic mass is 10.1. The van der Waals surface area contributed by atoms with E-state index < -0.39 is 47.1 Å². The van der Waals surface area contributed by atoms with E-state index in [1.165, 1.54) is 29.2 Å². The molecule has 0 saturated carbocycles. The zero-order valence-electron chi connectivity index (χ0n) is 13.1. The molecule has 2 heterocycles. The monoisotopic (exact) mass is 371 g/mol. The average molecular weight is 371 g/mol. The summed E-state index contributed by atoms with van der Waals surface area (Å²) >= 11 is 0. The molecular weight excluding hydrogens is 361 g/mol. The number of aryl methyl sites for hydroxylation is 1. The highest BCUT2D eigenvalue weighted by molar-refractivity contribution is 6.02. The molecule has 136 valence electrons. The Balaban J connectivity index is 1.82.